The summed E-state index contributed by atoms with van der Waals surface area (Å²) < 4.78 is 10.3. The highest BCUT2D eigenvalue weighted by molar-refractivity contribution is 3.72. The largest absolute Gasteiger partial charge is 0.371 e. The molecule has 0 rings (SSSR count). The summed E-state index contributed by atoms with van der Waals surface area (Å²) in [6, 6.07) is 0. The van der Waals surface area contributed by atoms with Crippen LogP contribution in [0.3, 0.4) is 0 Å². The normalized spacial score (nSPS) is 10.8. The Morgan fingerprint density at radius 3 is 3.25 bits per heavy atom. The lowest BCUT2D eigenvalue weighted by Crippen LogP contribution is -1.79. The number of aliphatic hydroxyl groups excluding tert-OH is 1. The molecule has 1 N–H and O–H groups in total. The highest BCUT2D eigenvalue weighted by Gasteiger charge is 1.51. The molecule has 0 amide bonds. The number of hydrogen-bond acceptors (Lipinski definition) is 2. The van der Waals surface area contributed by atoms with Crippen molar-refractivity contribution in [2.24, 2.45) is 0 Å². The number of ether oxygens (including phenoxy) is 1. The molecule has 0 bridgehead atoms. The summed E-state index contributed by atoms with van der Waals surface area (Å²) in [7, 11) is 1.47. The standard InChI is InChI=1S/C2H6O2/c1-4-2-3/h3H,2H2,1H3/i3D. The summed E-state index contributed by atoms with van der Waals surface area (Å²) in [4.78, 5) is 0. The molecular weight excluding hydrogens is 56.0 g/mol. The summed E-state index contributed by atoms with van der Waals surface area (Å²) in [6.45, 7) is 0.0556. The predicted octanol–water partition coefficient (Wildman–Crippen LogP) is -0.417. The molecule has 0 spiro atoms. The number of methoxy groups -OCH3 is 1. The van der Waals surface area contributed by atoms with E-state index in [0.717, 1.165) is 0 Å². The van der Waals surface area contributed by atoms with Crippen LogP contribution in [0.2, 0.25) is 0 Å². The zero-order valence-electron chi connectivity index (χ0n) is 3.52. The number of rotatable bonds is 2. The first-order valence-electron chi connectivity index (χ1n) is 1.39. The van der Waals surface area contributed by atoms with Gasteiger partial charge in [0, 0.05) is 7.11 Å². The van der Waals surface area contributed by atoms with Crippen molar-refractivity contribution in [3.05, 3.63) is 0 Å². The van der Waals surface area contributed by atoms with Crippen molar-refractivity contribution in [2.75, 3.05) is 13.9 Å². The minimum atomic E-state index is 0.0556. The molecule has 0 fully saturated rings. The fourth-order valence-corrected chi connectivity index (χ4v) is 0. The van der Waals surface area contributed by atoms with Crippen molar-refractivity contribution in [1.29, 1.82) is 1.43 Å². The van der Waals surface area contributed by atoms with E-state index in [1.165, 1.54) is 7.11 Å². The minimum Gasteiger partial charge on any atom is -0.371 e. The van der Waals surface area contributed by atoms with E-state index in [1.807, 2.05) is 0 Å². The van der Waals surface area contributed by atoms with Gasteiger partial charge in [0.05, 0.1) is 0 Å². The fraction of sp³-hybridized carbons (Fsp3) is 1.00. The number of aliphatic hydroxyl groups is 1. The average Bonchev–Trinajstić information content (AvgIpc) is 1.41. The van der Waals surface area contributed by atoms with Gasteiger partial charge in [-0.1, -0.05) is 0 Å². The van der Waals surface area contributed by atoms with E-state index in [2.05, 4.69) is 9.85 Å². The molecule has 0 aromatic rings. The lowest BCUT2D eigenvalue weighted by molar-refractivity contribution is 0.0325. The van der Waals surface area contributed by atoms with Gasteiger partial charge in [0.15, 0.2) is 0 Å². The molecule has 0 aliphatic rings. The molecule has 26 valence electrons. The van der Waals surface area contributed by atoms with Crippen LogP contribution in [0.15, 0.2) is 0 Å². The van der Waals surface area contributed by atoms with Gasteiger partial charge in [-0.15, -0.1) is 0 Å². The molecule has 0 atom stereocenters. The van der Waals surface area contributed by atoms with E-state index in [1.54, 1.807) is 0 Å². The molecule has 4 heavy (non-hydrogen) atoms. The van der Waals surface area contributed by atoms with Crippen molar-refractivity contribution in [3.63, 3.8) is 0 Å². The molecule has 2 heteroatoms. The Hall–Kier alpha value is -0.0800. The third-order valence-electron chi connectivity index (χ3n) is 0.118. The van der Waals surface area contributed by atoms with Crippen molar-refractivity contribution < 1.29 is 9.85 Å². The van der Waals surface area contributed by atoms with Gasteiger partial charge < -0.3 is 9.85 Å². The van der Waals surface area contributed by atoms with E-state index in [4.69, 9.17) is 1.43 Å². The number of hydrogen-bond donors (Lipinski definition) is 1. The molecular formula is C2H6O2. The maximum Gasteiger partial charge on any atom is 0.213 e. The van der Waals surface area contributed by atoms with E-state index >= 15 is 0 Å². The van der Waals surface area contributed by atoms with Crippen molar-refractivity contribution in [1.82, 2.24) is 0 Å². The maximum absolute atomic E-state index is 5.98. The van der Waals surface area contributed by atoms with Gasteiger partial charge in [-0.2, -0.15) is 0 Å². The highest BCUT2D eigenvalue weighted by atomic mass is 16.6. The van der Waals surface area contributed by atoms with Crippen LogP contribution in [0.5, 0.6) is 0 Å². The van der Waals surface area contributed by atoms with Gasteiger partial charge in [-0.25, -0.2) is 0 Å². The monoisotopic (exact) mass is 63.0 g/mol. The van der Waals surface area contributed by atoms with E-state index in [0.29, 0.717) is 0 Å². The maximum atomic E-state index is 5.98. The first kappa shape index (κ1) is 2.18. The quantitative estimate of drug-likeness (QED) is 0.441. The third kappa shape index (κ3) is 1.92. The molecule has 2 nitrogen and oxygen atoms in total. The molecule has 0 heterocycles. The topological polar surface area (TPSA) is 29.5 Å². The lowest BCUT2D eigenvalue weighted by atomic mass is 11.4. The van der Waals surface area contributed by atoms with Crippen LogP contribution in [-0.4, -0.2) is 20.4 Å². The van der Waals surface area contributed by atoms with Crippen LogP contribution in [0, 0.1) is 0 Å². The first-order chi connectivity index (χ1) is 2.41. The molecule has 0 saturated carbocycles. The Morgan fingerprint density at radius 1 is 2.50 bits per heavy atom. The fourth-order valence-electron chi connectivity index (χ4n) is 0. The molecule has 0 unspecified atom stereocenters. The smallest absolute Gasteiger partial charge is 0.213 e. The van der Waals surface area contributed by atoms with Gasteiger partial charge in [-0.3, -0.25) is 0 Å². The van der Waals surface area contributed by atoms with E-state index in [-0.39, 0.29) is 6.79 Å². The predicted molar refractivity (Wildman–Crippen MR) is 14.1 cm³/mol. The van der Waals surface area contributed by atoms with Gasteiger partial charge in [0.1, 0.15) is 6.79 Å². The third-order valence-corrected chi connectivity index (χ3v) is 0.118. The summed E-state index contributed by atoms with van der Waals surface area (Å²) in [6.07, 6.45) is 0. The molecule has 0 saturated heterocycles. The second-order valence-electron chi connectivity index (χ2n) is 0.407. The van der Waals surface area contributed by atoms with Crippen molar-refractivity contribution in [3.8, 4) is 0 Å². The Bertz CT molecular complexity index is 15.1. The molecule has 0 aromatic carbocycles. The lowest BCUT2D eigenvalue weighted by Gasteiger charge is -1.76. The Balaban J connectivity index is 2.19. The van der Waals surface area contributed by atoms with Gasteiger partial charge in [0.2, 0.25) is 1.43 Å². The van der Waals surface area contributed by atoms with Crippen molar-refractivity contribution in [2.45, 2.75) is 0 Å². The summed E-state index contributed by atoms with van der Waals surface area (Å²) in [5.74, 6) is 0. The van der Waals surface area contributed by atoms with Gasteiger partial charge >= 0.3 is 0 Å². The molecule has 0 aliphatic heterocycles. The Labute approximate surface area is 26.5 Å². The molecule has 0 aliphatic carbocycles. The average molecular weight is 63.1 g/mol. The second kappa shape index (κ2) is 2.92. The van der Waals surface area contributed by atoms with Gasteiger partial charge in [-0.05, 0) is 0 Å². The zero-order chi connectivity index (χ0) is 4.12. The van der Waals surface area contributed by atoms with Crippen LogP contribution in [0.25, 0.3) is 0 Å². The van der Waals surface area contributed by atoms with E-state index < -0.39 is 0 Å². The summed E-state index contributed by atoms with van der Waals surface area (Å²) in [5.41, 5.74) is 0. The van der Waals surface area contributed by atoms with Crippen LogP contribution < -0.4 is 0 Å². The SMILES string of the molecule is [2H]OCOC. The zero-order valence-corrected chi connectivity index (χ0v) is 2.52. The van der Waals surface area contributed by atoms with Gasteiger partial charge in [0.25, 0.3) is 0 Å². The minimum absolute atomic E-state index is 0.0556. The van der Waals surface area contributed by atoms with E-state index in [9.17, 15) is 0 Å². The van der Waals surface area contributed by atoms with Crippen LogP contribution in [-0.2, 0) is 4.74 Å². The first-order valence-corrected chi connectivity index (χ1v) is 0.986. The highest BCUT2D eigenvalue weighted by Crippen LogP contribution is 1.46. The summed E-state index contributed by atoms with van der Waals surface area (Å²) >= 11 is 0. The summed E-state index contributed by atoms with van der Waals surface area (Å²) in [5, 5.41) is 3.72. The van der Waals surface area contributed by atoms with Crippen LogP contribution in [0.4, 0.5) is 0 Å². The van der Waals surface area contributed by atoms with Crippen LogP contribution >= 0.6 is 0 Å². The molecule has 0 aromatic heterocycles. The van der Waals surface area contributed by atoms with Crippen molar-refractivity contribution >= 4 is 0 Å². The Morgan fingerprint density at radius 2 is 3.25 bits per heavy atom. The Kier molecular flexibility index (Phi) is 1.59. The molecule has 0 radical (unpaired) electrons. The second-order valence-corrected chi connectivity index (χ2v) is 0.407. The van der Waals surface area contributed by atoms with Crippen LogP contribution in [0.1, 0.15) is 0 Å².